The SMILES string of the molecule is CCCCCCCCCCCCCCCCC12OP(=O)(OC(O)(O)C1=O)O2. The standard InChI is InChI=1S/C19H35O7P/c1-2-3-4-5-6-7-8-9-10-11-12-13-14-15-16-18-17(20)19(21,22)26-27(23,24-18)25-18/h21-22H,2-16H2,1H3. The van der Waals surface area contributed by atoms with Crippen molar-refractivity contribution < 1.29 is 33.1 Å². The molecule has 3 heterocycles. The molecule has 0 amide bonds. The number of aliphatic hydroxyl groups is 2. The van der Waals surface area contributed by atoms with Crippen molar-refractivity contribution in [1.29, 1.82) is 0 Å². The summed E-state index contributed by atoms with van der Waals surface area (Å²) in [5.74, 6) is -6.03. The first-order chi connectivity index (χ1) is 12.8. The van der Waals surface area contributed by atoms with E-state index in [0.717, 1.165) is 19.3 Å². The van der Waals surface area contributed by atoms with Crippen molar-refractivity contribution in [2.24, 2.45) is 0 Å². The third-order valence-electron chi connectivity index (χ3n) is 5.26. The molecule has 0 saturated carbocycles. The number of phosphoric acid groups is 1. The van der Waals surface area contributed by atoms with E-state index in [9.17, 15) is 19.6 Å². The Balaban J connectivity index is 1.43. The van der Waals surface area contributed by atoms with E-state index < -0.39 is 25.4 Å². The van der Waals surface area contributed by atoms with Gasteiger partial charge in [-0.15, -0.1) is 0 Å². The highest BCUT2D eigenvalue weighted by atomic mass is 31.2. The second-order valence-electron chi connectivity index (χ2n) is 7.76. The van der Waals surface area contributed by atoms with Crippen LogP contribution in [0.4, 0.5) is 0 Å². The lowest BCUT2D eigenvalue weighted by atomic mass is 10.00. The van der Waals surface area contributed by atoms with E-state index in [4.69, 9.17) is 9.05 Å². The summed E-state index contributed by atoms with van der Waals surface area (Å²) in [6, 6.07) is 0. The largest absolute Gasteiger partial charge is 0.485 e. The summed E-state index contributed by atoms with van der Waals surface area (Å²) in [5.41, 5.74) is 0. The zero-order chi connectivity index (χ0) is 19.8. The van der Waals surface area contributed by atoms with Gasteiger partial charge in [-0.25, -0.2) is 18.1 Å². The fraction of sp³-hybridized carbons (Fsp3) is 0.947. The van der Waals surface area contributed by atoms with E-state index in [0.29, 0.717) is 6.42 Å². The molecule has 158 valence electrons. The smallest absolute Gasteiger partial charge is 0.337 e. The Morgan fingerprint density at radius 1 is 0.741 bits per heavy atom. The van der Waals surface area contributed by atoms with Gasteiger partial charge in [0.1, 0.15) is 0 Å². The van der Waals surface area contributed by atoms with Crippen LogP contribution in [0, 0.1) is 0 Å². The highest BCUT2D eigenvalue weighted by Gasteiger charge is 2.74. The van der Waals surface area contributed by atoms with Gasteiger partial charge in [-0.1, -0.05) is 90.4 Å². The van der Waals surface area contributed by atoms with Crippen LogP contribution in [0.1, 0.15) is 103 Å². The van der Waals surface area contributed by atoms with Gasteiger partial charge in [0.2, 0.25) is 0 Å². The van der Waals surface area contributed by atoms with Crippen molar-refractivity contribution in [3.8, 4) is 0 Å². The van der Waals surface area contributed by atoms with Crippen molar-refractivity contribution in [2.45, 2.75) is 115 Å². The number of hydrogen-bond donors (Lipinski definition) is 2. The predicted molar refractivity (Wildman–Crippen MR) is 101 cm³/mol. The molecule has 0 aromatic rings. The van der Waals surface area contributed by atoms with E-state index in [1.807, 2.05) is 0 Å². The number of phosphoric ester groups is 1. The Morgan fingerprint density at radius 2 is 1.15 bits per heavy atom. The predicted octanol–water partition coefficient (Wildman–Crippen LogP) is 4.95. The van der Waals surface area contributed by atoms with E-state index >= 15 is 0 Å². The molecule has 0 radical (unpaired) electrons. The number of rotatable bonds is 15. The molecule has 0 atom stereocenters. The van der Waals surface area contributed by atoms with Gasteiger partial charge in [0.15, 0.2) is 0 Å². The minimum atomic E-state index is -3.98. The second kappa shape index (κ2) is 10.5. The summed E-state index contributed by atoms with van der Waals surface area (Å²) in [6.45, 7) is 2.24. The lowest BCUT2D eigenvalue weighted by Crippen LogP contribution is -2.65. The molecule has 3 aliphatic rings. The lowest BCUT2D eigenvalue weighted by Gasteiger charge is -2.50. The minimum absolute atomic E-state index is 0.153. The molecule has 3 rings (SSSR count). The maximum Gasteiger partial charge on any atom is 0.485 e. The molecule has 2 bridgehead atoms. The zero-order valence-electron chi connectivity index (χ0n) is 16.5. The van der Waals surface area contributed by atoms with Crippen LogP contribution in [-0.4, -0.2) is 27.8 Å². The number of carbonyl (C=O) groups excluding carboxylic acids is 1. The normalized spacial score (nSPS) is 28.9. The second-order valence-corrected chi connectivity index (χ2v) is 9.20. The van der Waals surface area contributed by atoms with E-state index in [-0.39, 0.29) is 6.42 Å². The van der Waals surface area contributed by atoms with Crippen molar-refractivity contribution in [1.82, 2.24) is 0 Å². The van der Waals surface area contributed by atoms with Gasteiger partial charge < -0.3 is 10.2 Å². The molecule has 8 heteroatoms. The molecule has 0 aromatic heterocycles. The van der Waals surface area contributed by atoms with Crippen molar-refractivity contribution >= 4 is 13.6 Å². The van der Waals surface area contributed by atoms with Gasteiger partial charge in [-0.2, -0.15) is 0 Å². The molecule has 3 aliphatic heterocycles. The number of fused-ring (bicyclic) bond motifs is 2. The van der Waals surface area contributed by atoms with E-state index in [1.165, 1.54) is 64.2 Å². The highest BCUT2D eigenvalue weighted by Crippen LogP contribution is 2.72. The highest BCUT2D eigenvalue weighted by molar-refractivity contribution is 7.50. The Hall–Kier alpha value is -0.300. The van der Waals surface area contributed by atoms with Gasteiger partial charge in [0.05, 0.1) is 0 Å². The first kappa shape index (κ1) is 23.0. The molecule has 2 N–H and O–H groups in total. The Kier molecular flexibility index (Phi) is 8.91. The van der Waals surface area contributed by atoms with Crippen LogP contribution in [0.2, 0.25) is 0 Å². The molecule has 7 nitrogen and oxygen atoms in total. The quantitative estimate of drug-likeness (QED) is 0.225. The van der Waals surface area contributed by atoms with Crippen molar-refractivity contribution in [2.75, 3.05) is 0 Å². The van der Waals surface area contributed by atoms with Gasteiger partial charge in [-0.05, 0) is 6.42 Å². The molecule has 3 saturated heterocycles. The van der Waals surface area contributed by atoms with E-state index in [2.05, 4.69) is 11.4 Å². The number of carbonyl (C=O) groups is 1. The number of ketones is 1. The Bertz CT molecular complexity index is 510. The van der Waals surface area contributed by atoms with Gasteiger partial charge in [0, 0.05) is 6.42 Å². The van der Waals surface area contributed by atoms with Crippen LogP contribution in [0.15, 0.2) is 0 Å². The van der Waals surface area contributed by atoms with E-state index in [1.54, 1.807) is 0 Å². The van der Waals surface area contributed by atoms with Crippen LogP contribution in [0.25, 0.3) is 0 Å². The first-order valence-electron chi connectivity index (χ1n) is 10.6. The summed E-state index contributed by atoms with van der Waals surface area (Å²) >= 11 is 0. The molecule has 0 aliphatic carbocycles. The van der Waals surface area contributed by atoms with Crippen molar-refractivity contribution in [3.05, 3.63) is 0 Å². The maximum absolute atomic E-state index is 11.9. The molecule has 0 unspecified atom stereocenters. The zero-order valence-corrected chi connectivity index (χ0v) is 17.4. The average molecular weight is 406 g/mol. The summed E-state index contributed by atoms with van der Waals surface area (Å²) in [7, 11) is -3.98. The summed E-state index contributed by atoms with van der Waals surface area (Å²) in [4.78, 5) is 11.9. The lowest BCUT2D eigenvalue weighted by molar-refractivity contribution is -0.353. The monoisotopic (exact) mass is 406 g/mol. The molecule has 3 fully saturated rings. The molecular formula is C19H35O7P. The van der Waals surface area contributed by atoms with Crippen LogP contribution in [-0.2, 0) is 22.9 Å². The van der Waals surface area contributed by atoms with Crippen molar-refractivity contribution in [3.63, 3.8) is 0 Å². The van der Waals surface area contributed by atoms with Gasteiger partial charge in [0.25, 0.3) is 11.6 Å². The fourth-order valence-corrected chi connectivity index (χ4v) is 5.24. The minimum Gasteiger partial charge on any atom is -0.337 e. The Morgan fingerprint density at radius 3 is 1.59 bits per heavy atom. The first-order valence-corrected chi connectivity index (χ1v) is 12.0. The number of unbranched alkanes of at least 4 members (excludes halogenated alkanes) is 13. The number of Topliss-reactive ketones (excluding diaryl/α,β-unsaturated/α-hetero) is 1. The molecule has 0 aromatic carbocycles. The van der Waals surface area contributed by atoms with Crippen LogP contribution < -0.4 is 0 Å². The molecule has 0 spiro atoms. The fourth-order valence-electron chi connectivity index (χ4n) is 3.69. The number of hydrogen-bond acceptors (Lipinski definition) is 7. The molecule has 27 heavy (non-hydrogen) atoms. The third kappa shape index (κ3) is 6.62. The average Bonchev–Trinajstić information content (AvgIpc) is 2.58. The maximum atomic E-state index is 11.9. The Labute approximate surface area is 162 Å². The topological polar surface area (TPSA) is 102 Å². The third-order valence-corrected chi connectivity index (χ3v) is 6.77. The van der Waals surface area contributed by atoms with Crippen LogP contribution in [0.3, 0.4) is 0 Å². The summed E-state index contributed by atoms with van der Waals surface area (Å²) in [6.07, 6.45) is 17.1. The summed E-state index contributed by atoms with van der Waals surface area (Å²) < 4.78 is 25.8. The van der Waals surface area contributed by atoms with Crippen LogP contribution in [0.5, 0.6) is 0 Å². The van der Waals surface area contributed by atoms with Crippen LogP contribution >= 0.6 is 7.82 Å². The van der Waals surface area contributed by atoms with Gasteiger partial charge >= 0.3 is 13.8 Å². The van der Waals surface area contributed by atoms with Gasteiger partial charge in [-0.3, -0.25) is 4.79 Å². The summed E-state index contributed by atoms with van der Waals surface area (Å²) in [5, 5.41) is 18.9. The molecular weight excluding hydrogens is 371 g/mol.